The lowest BCUT2D eigenvalue weighted by molar-refractivity contribution is 0.265. The fraction of sp³-hybridized carbons (Fsp3) is 0.0714. The van der Waals surface area contributed by atoms with Crippen LogP contribution in [0.5, 0.6) is 0 Å². The van der Waals surface area contributed by atoms with E-state index in [0.29, 0.717) is 16.6 Å². The van der Waals surface area contributed by atoms with E-state index in [0.717, 1.165) is 23.0 Å². The molecule has 1 fully saturated rings. The van der Waals surface area contributed by atoms with Crippen molar-refractivity contribution in [3.63, 3.8) is 0 Å². The lowest BCUT2D eigenvalue weighted by Crippen LogP contribution is -2.18. The van der Waals surface area contributed by atoms with Crippen molar-refractivity contribution in [2.24, 2.45) is 4.99 Å². The molecule has 0 atom stereocenters. The fourth-order valence-corrected chi connectivity index (χ4v) is 2.53. The zero-order valence-electron chi connectivity index (χ0n) is 11.1. The highest BCUT2D eigenvalue weighted by Crippen LogP contribution is 2.28. The van der Waals surface area contributed by atoms with Gasteiger partial charge in [0.1, 0.15) is 11.7 Å². The van der Waals surface area contributed by atoms with Gasteiger partial charge in [0, 0.05) is 11.8 Å². The fourth-order valence-electron chi connectivity index (χ4n) is 1.80. The van der Waals surface area contributed by atoms with Gasteiger partial charge < -0.3 is 5.32 Å². The number of hydrogen-bond donors (Lipinski definition) is 2. The predicted molar refractivity (Wildman–Crippen MR) is 80.9 cm³/mol. The first-order valence-corrected chi connectivity index (χ1v) is 6.99. The monoisotopic (exact) mass is 302 g/mol. The molecule has 3 rings (SSSR count). The average molecular weight is 302 g/mol. The van der Waals surface area contributed by atoms with Crippen LogP contribution in [0, 0.1) is 12.7 Å². The van der Waals surface area contributed by atoms with E-state index >= 15 is 0 Å². The van der Waals surface area contributed by atoms with Crippen LogP contribution in [0.1, 0.15) is 11.3 Å². The number of aromatic nitrogens is 2. The molecule has 0 bridgehead atoms. The van der Waals surface area contributed by atoms with Gasteiger partial charge >= 0.3 is 0 Å². The second-order valence-corrected chi connectivity index (χ2v) is 5.46. The van der Waals surface area contributed by atoms with E-state index in [1.807, 2.05) is 6.92 Å². The molecule has 1 aliphatic rings. The van der Waals surface area contributed by atoms with Crippen LogP contribution >= 0.6 is 11.8 Å². The SMILES string of the molecule is Cc1cc(N=C2NC(=O)S/C2=C\c2ccc(F)cc2)n[nH]1. The van der Waals surface area contributed by atoms with Gasteiger partial charge in [-0.2, -0.15) is 5.10 Å². The number of amidine groups is 1. The maximum Gasteiger partial charge on any atom is 0.289 e. The number of H-pyrrole nitrogens is 1. The van der Waals surface area contributed by atoms with Crippen LogP contribution in [0.2, 0.25) is 0 Å². The average Bonchev–Trinajstić information content (AvgIpc) is 2.99. The third-order valence-corrected chi connectivity index (χ3v) is 3.56. The molecule has 1 saturated heterocycles. The van der Waals surface area contributed by atoms with E-state index in [-0.39, 0.29) is 11.1 Å². The van der Waals surface area contributed by atoms with Crippen LogP contribution in [-0.2, 0) is 0 Å². The normalized spacial score (nSPS) is 18.5. The number of halogens is 1. The summed E-state index contributed by atoms with van der Waals surface area (Å²) in [4.78, 5) is 16.5. The molecule has 1 aromatic carbocycles. The first-order chi connectivity index (χ1) is 10.1. The van der Waals surface area contributed by atoms with E-state index in [1.165, 1.54) is 12.1 Å². The molecule has 1 aromatic heterocycles. The van der Waals surface area contributed by atoms with Crippen LogP contribution in [-0.4, -0.2) is 21.3 Å². The Morgan fingerprint density at radius 1 is 1.33 bits per heavy atom. The van der Waals surface area contributed by atoms with E-state index in [1.54, 1.807) is 24.3 Å². The van der Waals surface area contributed by atoms with E-state index in [4.69, 9.17) is 0 Å². The number of aryl methyl sites for hydroxylation is 1. The molecule has 0 radical (unpaired) electrons. The lowest BCUT2D eigenvalue weighted by atomic mass is 10.2. The van der Waals surface area contributed by atoms with Gasteiger partial charge in [-0.1, -0.05) is 12.1 Å². The van der Waals surface area contributed by atoms with Crippen molar-refractivity contribution >= 4 is 34.7 Å². The molecule has 0 spiro atoms. The predicted octanol–water partition coefficient (Wildman–Crippen LogP) is 3.38. The van der Waals surface area contributed by atoms with Gasteiger partial charge in [-0.25, -0.2) is 9.38 Å². The number of hydrogen-bond acceptors (Lipinski definition) is 4. The minimum Gasteiger partial charge on any atom is -0.300 e. The second kappa shape index (κ2) is 5.53. The molecule has 1 aliphatic heterocycles. The van der Waals surface area contributed by atoms with Crippen molar-refractivity contribution in [1.29, 1.82) is 0 Å². The Hall–Kier alpha value is -2.41. The number of benzene rings is 1. The molecular formula is C14H11FN4OS. The minimum atomic E-state index is -0.300. The number of thioether (sulfide) groups is 1. The Kier molecular flexibility index (Phi) is 3.57. The number of nitrogens with zero attached hydrogens (tertiary/aromatic N) is 2. The number of amides is 1. The highest BCUT2D eigenvalue weighted by molar-refractivity contribution is 8.18. The molecule has 2 aromatic rings. The molecule has 0 saturated carbocycles. The summed E-state index contributed by atoms with van der Waals surface area (Å²) < 4.78 is 12.9. The van der Waals surface area contributed by atoms with Gasteiger partial charge in [0.05, 0.1) is 4.91 Å². The van der Waals surface area contributed by atoms with Crippen LogP contribution < -0.4 is 5.32 Å². The highest BCUT2D eigenvalue weighted by Gasteiger charge is 2.23. The maximum absolute atomic E-state index is 12.9. The summed E-state index contributed by atoms with van der Waals surface area (Å²) in [5.41, 5.74) is 1.68. The maximum atomic E-state index is 12.9. The van der Waals surface area contributed by atoms with Gasteiger partial charge in [-0.3, -0.25) is 9.89 Å². The van der Waals surface area contributed by atoms with Gasteiger partial charge in [0.2, 0.25) is 0 Å². The van der Waals surface area contributed by atoms with Crippen LogP contribution in [0.25, 0.3) is 6.08 Å². The minimum absolute atomic E-state index is 0.200. The number of aromatic amines is 1. The Bertz CT molecular complexity index is 749. The zero-order chi connectivity index (χ0) is 14.8. The lowest BCUT2D eigenvalue weighted by Gasteiger charge is -1.98. The van der Waals surface area contributed by atoms with Gasteiger partial charge in [0.15, 0.2) is 5.82 Å². The summed E-state index contributed by atoms with van der Waals surface area (Å²) in [5.74, 6) is 0.641. The van der Waals surface area contributed by atoms with Crippen molar-refractivity contribution in [2.45, 2.75) is 6.92 Å². The van der Waals surface area contributed by atoms with Crippen molar-refractivity contribution in [2.75, 3.05) is 0 Å². The molecule has 2 heterocycles. The van der Waals surface area contributed by atoms with E-state index in [9.17, 15) is 9.18 Å². The van der Waals surface area contributed by atoms with Gasteiger partial charge in [0.25, 0.3) is 5.24 Å². The Labute approximate surface area is 124 Å². The summed E-state index contributed by atoms with van der Waals surface area (Å²) in [5, 5.41) is 9.27. The standard InChI is InChI=1S/C14H11FN4OS/c1-8-6-12(19-18-8)16-13-11(21-14(20)17-13)7-9-2-4-10(15)5-3-9/h2-7H,1H3,(H2,16,17,18,19,20)/b11-7-. The van der Waals surface area contributed by atoms with Gasteiger partial charge in [-0.15, -0.1) is 0 Å². The molecular weight excluding hydrogens is 291 g/mol. The van der Waals surface area contributed by atoms with Crippen LogP contribution in [0.3, 0.4) is 0 Å². The summed E-state index contributed by atoms with van der Waals surface area (Å²) in [6, 6.07) is 7.80. The molecule has 21 heavy (non-hydrogen) atoms. The Morgan fingerprint density at radius 3 is 2.76 bits per heavy atom. The molecule has 106 valence electrons. The topological polar surface area (TPSA) is 70.1 Å². The zero-order valence-corrected chi connectivity index (χ0v) is 11.9. The third kappa shape index (κ3) is 3.19. The van der Waals surface area contributed by atoms with Crippen molar-refractivity contribution in [3.8, 4) is 0 Å². The van der Waals surface area contributed by atoms with Gasteiger partial charge in [-0.05, 0) is 42.5 Å². The second-order valence-electron chi connectivity index (χ2n) is 4.44. The Balaban J connectivity index is 1.94. The van der Waals surface area contributed by atoms with Crippen molar-refractivity contribution < 1.29 is 9.18 Å². The highest BCUT2D eigenvalue weighted by atomic mass is 32.2. The number of carbonyl (C=O) groups excluding carboxylic acids is 1. The number of aliphatic imine (C=N–C) groups is 1. The van der Waals surface area contributed by atoms with E-state index in [2.05, 4.69) is 20.5 Å². The van der Waals surface area contributed by atoms with Crippen LogP contribution in [0.4, 0.5) is 15.0 Å². The summed E-state index contributed by atoms with van der Waals surface area (Å²) >= 11 is 1.05. The molecule has 0 aliphatic carbocycles. The molecule has 0 unspecified atom stereocenters. The largest absolute Gasteiger partial charge is 0.300 e. The molecule has 1 amide bonds. The van der Waals surface area contributed by atoms with Crippen molar-refractivity contribution in [3.05, 3.63) is 52.3 Å². The number of nitrogens with one attached hydrogen (secondary N) is 2. The molecule has 5 nitrogen and oxygen atoms in total. The smallest absolute Gasteiger partial charge is 0.289 e. The van der Waals surface area contributed by atoms with Crippen LogP contribution in [0.15, 0.2) is 40.2 Å². The first kappa shape index (κ1) is 13.6. The van der Waals surface area contributed by atoms with E-state index < -0.39 is 0 Å². The summed E-state index contributed by atoms with van der Waals surface area (Å²) in [7, 11) is 0. The third-order valence-electron chi connectivity index (χ3n) is 2.74. The first-order valence-electron chi connectivity index (χ1n) is 6.17. The number of rotatable bonds is 2. The molecule has 2 N–H and O–H groups in total. The quantitative estimate of drug-likeness (QED) is 0.893. The molecule has 7 heteroatoms. The summed E-state index contributed by atoms with van der Waals surface area (Å²) in [6.07, 6.45) is 1.78. The number of carbonyl (C=O) groups is 1. The summed E-state index contributed by atoms with van der Waals surface area (Å²) in [6.45, 7) is 1.87. The Morgan fingerprint density at radius 2 is 2.10 bits per heavy atom. The van der Waals surface area contributed by atoms with Crippen molar-refractivity contribution in [1.82, 2.24) is 15.5 Å².